The van der Waals surface area contributed by atoms with Crippen molar-refractivity contribution in [2.75, 3.05) is 5.88 Å². The summed E-state index contributed by atoms with van der Waals surface area (Å²) in [6.07, 6.45) is 8.91. The number of hydrogen-bond acceptors (Lipinski definition) is 3. The molecule has 24 heavy (non-hydrogen) atoms. The second kappa shape index (κ2) is 11.3. The van der Waals surface area contributed by atoms with Gasteiger partial charge in [0, 0.05) is 0 Å². The second-order valence-corrected chi connectivity index (χ2v) is 12.9. The molecule has 3 nitrogen and oxygen atoms in total. The number of allylic oxidation sites excluding steroid dienone is 1. The monoisotopic (exact) mass is 376 g/mol. The number of halogens is 1. The first-order valence-electron chi connectivity index (χ1n) is 9.15. The first-order valence-corrected chi connectivity index (χ1v) is 12.6. The lowest BCUT2D eigenvalue weighted by molar-refractivity contribution is -0.150. The lowest BCUT2D eigenvalue weighted by Crippen LogP contribution is -2.47. The molecule has 0 aliphatic carbocycles. The summed E-state index contributed by atoms with van der Waals surface area (Å²) in [7, 11) is -1.96. The molecule has 0 aromatic heterocycles. The van der Waals surface area contributed by atoms with Crippen molar-refractivity contribution in [1.29, 1.82) is 0 Å². The zero-order chi connectivity index (χ0) is 18.8. The molecule has 0 rings (SSSR count). The van der Waals surface area contributed by atoms with Gasteiger partial charge in [0.25, 0.3) is 0 Å². The Labute approximate surface area is 155 Å². The molecule has 0 saturated heterocycles. The van der Waals surface area contributed by atoms with Gasteiger partial charge in [-0.15, -0.1) is 11.6 Å². The summed E-state index contributed by atoms with van der Waals surface area (Å²) in [5.74, 6) is -0.487. The van der Waals surface area contributed by atoms with Crippen LogP contribution in [0.2, 0.25) is 18.1 Å². The van der Waals surface area contributed by atoms with Crippen molar-refractivity contribution in [3.05, 3.63) is 12.2 Å². The number of alkyl halides is 1. The topological polar surface area (TPSA) is 35.5 Å². The highest BCUT2D eigenvalue weighted by Crippen LogP contribution is 2.38. The Morgan fingerprint density at radius 1 is 1.21 bits per heavy atom. The van der Waals surface area contributed by atoms with Crippen molar-refractivity contribution in [1.82, 2.24) is 0 Å². The van der Waals surface area contributed by atoms with E-state index in [2.05, 4.69) is 40.8 Å². The minimum absolute atomic E-state index is 0.107. The van der Waals surface area contributed by atoms with Crippen LogP contribution in [0.4, 0.5) is 0 Å². The fourth-order valence-electron chi connectivity index (χ4n) is 2.21. The van der Waals surface area contributed by atoms with Crippen LogP contribution in [-0.2, 0) is 14.0 Å². The van der Waals surface area contributed by atoms with Gasteiger partial charge in [-0.05, 0) is 37.9 Å². The highest BCUT2D eigenvalue weighted by Gasteiger charge is 2.40. The summed E-state index contributed by atoms with van der Waals surface area (Å²) in [6, 6.07) is 0. The predicted molar refractivity (Wildman–Crippen MR) is 106 cm³/mol. The van der Waals surface area contributed by atoms with Crippen LogP contribution in [0.15, 0.2) is 12.2 Å². The quantitative estimate of drug-likeness (QED) is 0.144. The van der Waals surface area contributed by atoms with Crippen LogP contribution in [0.3, 0.4) is 0 Å². The van der Waals surface area contributed by atoms with E-state index in [1.54, 1.807) is 0 Å². The predicted octanol–water partition coefficient (Wildman–Crippen LogP) is 6.07. The molecule has 0 aromatic carbocycles. The van der Waals surface area contributed by atoms with Gasteiger partial charge < -0.3 is 9.16 Å². The van der Waals surface area contributed by atoms with Gasteiger partial charge in [-0.25, -0.2) is 0 Å². The highest BCUT2D eigenvalue weighted by molar-refractivity contribution is 6.74. The molecule has 0 bridgehead atoms. The highest BCUT2D eigenvalue weighted by atomic mass is 35.5. The molecule has 0 aliphatic heterocycles. The van der Waals surface area contributed by atoms with Gasteiger partial charge in [-0.2, -0.15) is 0 Å². The van der Waals surface area contributed by atoms with Gasteiger partial charge in [0.05, 0.1) is 0 Å². The number of carbonyl (C=O) groups is 1. The van der Waals surface area contributed by atoms with E-state index in [1.807, 2.05) is 19.1 Å². The third-order valence-electron chi connectivity index (χ3n) is 4.72. The lowest BCUT2D eigenvalue weighted by Gasteiger charge is -2.40. The minimum Gasteiger partial charge on any atom is -0.458 e. The standard InChI is InChI=1S/C19H37ClO3Si/c1-8-10-11-12-14-16(22-18(21)15-20)17(13-9-2)23-24(6,7)19(3,4)5/h9,13,16-17H,8,10-12,14-15H2,1-7H3/b13-9+/t16-,17+/m1/s1. The van der Waals surface area contributed by atoms with Crippen molar-refractivity contribution >= 4 is 25.9 Å². The number of rotatable bonds is 11. The maximum absolute atomic E-state index is 11.8. The zero-order valence-electron chi connectivity index (χ0n) is 16.7. The molecule has 0 fully saturated rings. The molecule has 0 amide bonds. The number of carbonyl (C=O) groups excluding carboxylic acids is 1. The zero-order valence-corrected chi connectivity index (χ0v) is 18.4. The molecule has 0 aliphatic rings. The van der Waals surface area contributed by atoms with Crippen LogP contribution >= 0.6 is 11.6 Å². The molecule has 0 aromatic rings. The summed E-state index contributed by atoms with van der Waals surface area (Å²) in [4.78, 5) is 11.8. The third kappa shape index (κ3) is 8.68. The average Bonchev–Trinajstić information content (AvgIpc) is 2.48. The van der Waals surface area contributed by atoms with Crippen LogP contribution in [-0.4, -0.2) is 32.4 Å². The smallest absolute Gasteiger partial charge is 0.321 e. The first kappa shape index (κ1) is 23.7. The minimum atomic E-state index is -1.96. The van der Waals surface area contributed by atoms with Crippen molar-refractivity contribution in [3.8, 4) is 0 Å². The van der Waals surface area contributed by atoms with Crippen LogP contribution < -0.4 is 0 Å². The van der Waals surface area contributed by atoms with Crippen LogP contribution in [0, 0.1) is 0 Å². The van der Waals surface area contributed by atoms with E-state index in [4.69, 9.17) is 20.8 Å². The van der Waals surface area contributed by atoms with Crippen molar-refractivity contribution < 1.29 is 14.0 Å². The van der Waals surface area contributed by atoms with Gasteiger partial charge in [0.1, 0.15) is 18.1 Å². The third-order valence-corrected chi connectivity index (χ3v) is 9.41. The Balaban J connectivity index is 5.17. The van der Waals surface area contributed by atoms with Gasteiger partial charge in [-0.1, -0.05) is 59.1 Å². The van der Waals surface area contributed by atoms with Gasteiger partial charge in [0.15, 0.2) is 8.32 Å². The maximum Gasteiger partial charge on any atom is 0.321 e. The van der Waals surface area contributed by atoms with Crippen LogP contribution in [0.1, 0.15) is 66.7 Å². The lowest BCUT2D eigenvalue weighted by atomic mass is 10.0. The number of esters is 1. The van der Waals surface area contributed by atoms with E-state index in [-0.39, 0.29) is 29.1 Å². The van der Waals surface area contributed by atoms with E-state index < -0.39 is 8.32 Å². The normalized spacial score (nSPS) is 15.5. The summed E-state index contributed by atoms with van der Waals surface area (Å²) < 4.78 is 12.2. The Morgan fingerprint density at radius 2 is 1.83 bits per heavy atom. The Kier molecular flexibility index (Phi) is 11.2. The van der Waals surface area contributed by atoms with Crippen molar-refractivity contribution in [2.45, 2.75) is 97.1 Å². The molecule has 142 valence electrons. The Hall–Kier alpha value is -0.323. The van der Waals surface area contributed by atoms with Crippen LogP contribution in [0.5, 0.6) is 0 Å². The van der Waals surface area contributed by atoms with E-state index in [9.17, 15) is 4.79 Å². The maximum atomic E-state index is 11.8. The van der Waals surface area contributed by atoms with E-state index in [1.165, 1.54) is 12.8 Å². The van der Waals surface area contributed by atoms with Gasteiger partial charge in [0.2, 0.25) is 0 Å². The molecule has 2 atom stereocenters. The molecule has 0 radical (unpaired) electrons. The molecular formula is C19H37ClO3Si. The van der Waals surface area contributed by atoms with E-state index in [0.717, 1.165) is 19.3 Å². The molecule has 5 heteroatoms. The number of ether oxygens (including phenoxy) is 1. The van der Waals surface area contributed by atoms with Gasteiger partial charge >= 0.3 is 5.97 Å². The number of unbranched alkanes of at least 4 members (excludes halogenated alkanes) is 3. The largest absolute Gasteiger partial charge is 0.458 e. The fraction of sp³-hybridized carbons (Fsp3) is 0.842. The van der Waals surface area contributed by atoms with E-state index >= 15 is 0 Å². The van der Waals surface area contributed by atoms with Crippen LogP contribution in [0.25, 0.3) is 0 Å². The average molecular weight is 377 g/mol. The molecule has 0 spiro atoms. The summed E-state index contributed by atoms with van der Waals surface area (Å²) >= 11 is 5.64. The SMILES string of the molecule is C/C=C/[C@H](O[Si](C)(C)C(C)(C)C)[C@@H](CCCCCC)OC(=O)CCl. The van der Waals surface area contributed by atoms with Gasteiger partial charge in [-0.3, -0.25) is 4.79 Å². The molecule has 0 saturated carbocycles. The molecule has 0 N–H and O–H groups in total. The molecule has 0 heterocycles. The molecular weight excluding hydrogens is 340 g/mol. The summed E-state index contributed by atoms with van der Waals surface area (Å²) in [5, 5.41) is 0.107. The summed E-state index contributed by atoms with van der Waals surface area (Å²) in [5.41, 5.74) is 0. The first-order chi connectivity index (χ1) is 11.1. The Morgan fingerprint density at radius 3 is 2.29 bits per heavy atom. The number of hydrogen-bond donors (Lipinski definition) is 0. The van der Waals surface area contributed by atoms with Crippen molar-refractivity contribution in [3.63, 3.8) is 0 Å². The summed E-state index contributed by atoms with van der Waals surface area (Å²) in [6.45, 7) is 15.3. The Bertz CT molecular complexity index is 389. The second-order valence-electron chi connectivity index (χ2n) is 7.88. The van der Waals surface area contributed by atoms with Crippen molar-refractivity contribution in [2.24, 2.45) is 0 Å². The molecule has 0 unspecified atom stereocenters. The van der Waals surface area contributed by atoms with E-state index in [0.29, 0.717) is 0 Å². The fourth-order valence-corrected chi connectivity index (χ4v) is 3.54.